The number of carbonyl (C=O) groups is 1. The lowest BCUT2D eigenvalue weighted by Gasteiger charge is -2.03. The summed E-state index contributed by atoms with van der Waals surface area (Å²) in [7, 11) is 3.13. The summed E-state index contributed by atoms with van der Waals surface area (Å²) in [5.41, 5.74) is 1.28. The molecule has 2 aromatic rings. The zero-order valence-electron chi connectivity index (χ0n) is 10.1. The third-order valence-electron chi connectivity index (χ3n) is 2.56. The first-order chi connectivity index (χ1) is 8.67. The van der Waals surface area contributed by atoms with Crippen LogP contribution in [0.2, 0.25) is 0 Å². The molecule has 0 spiro atoms. The quantitative estimate of drug-likeness (QED) is 0.794. The topological polar surface area (TPSA) is 84.8 Å². The number of aromatic nitrogens is 4. The van der Waals surface area contributed by atoms with E-state index in [9.17, 15) is 4.79 Å². The molecular weight excluding hydrogens is 254 g/mol. The highest BCUT2D eigenvalue weighted by molar-refractivity contribution is 7.71. The van der Waals surface area contributed by atoms with Crippen molar-refractivity contribution in [2.24, 2.45) is 0 Å². The van der Waals surface area contributed by atoms with E-state index in [4.69, 9.17) is 17.0 Å². The highest BCUT2D eigenvalue weighted by atomic mass is 32.1. The standard InChI is InChI=1S/C10H13N5O2S/c1-11-6(16)3-4-15-8-7(14-10(15)18)9(17-2)13-5-12-8/h5H,3-4H2,1-2H3,(H,11,16)(H,14,18). The zero-order valence-corrected chi connectivity index (χ0v) is 10.9. The average molecular weight is 267 g/mol. The van der Waals surface area contributed by atoms with Gasteiger partial charge in [-0.1, -0.05) is 0 Å². The first-order valence-electron chi connectivity index (χ1n) is 5.35. The van der Waals surface area contributed by atoms with Gasteiger partial charge < -0.3 is 19.6 Å². The van der Waals surface area contributed by atoms with Crippen LogP contribution in [0.4, 0.5) is 0 Å². The summed E-state index contributed by atoms with van der Waals surface area (Å²) >= 11 is 5.20. The summed E-state index contributed by atoms with van der Waals surface area (Å²) < 4.78 is 7.37. The van der Waals surface area contributed by atoms with E-state index in [0.717, 1.165) is 0 Å². The van der Waals surface area contributed by atoms with E-state index in [2.05, 4.69) is 20.3 Å². The monoisotopic (exact) mass is 267 g/mol. The van der Waals surface area contributed by atoms with Crippen molar-refractivity contribution in [2.45, 2.75) is 13.0 Å². The molecule has 2 rings (SSSR count). The molecule has 1 amide bonds. The van der Waals surface area contributed by atoms with Gasteiger partial charge >= 0.3 is 0 Å². The van der Waals surface area contributed by atoms with Crippen LogP contribution in [-0.4, -0.2) is 39.6 Å². The van der Waals surface area contributed by atoms with Crippen molar-refractivity contribution in [1.29, 1.82) is 0 Å². The number of rotatable bonds is 4. The maximum absolute atomic E-state index is 11.3. The van der Waals surface area contributed by atoms with Gasteiger partial charge in [0.25, 0.3) is 0 Å². The Morgan fingerprint density at radius 3 is 3.06 bits per heavy atom. The van der Waals surface area contributed by atoms with Crippen LogP contribution >= 0.6 is 12.2 Å². The Morgan fingerprint density at radius 2 is 2.39 bits per heavy atom. The molecule has 0 radical (unpaired) electrons. The number of aryl methyl sites for hydroxylation is 1. The van der Waals surface area contributed by atoms with Crippen LogP contribution in [-0.2, 0) is 11.3 Å². The number of imidazole rings is 1. The molecule has 2 N–H and O–H groups in total. The van der Waals surface area contributed by atoms with E-state index >= 15 is 0 Å². The Morgan fingerprint density at radius 1 is 1.61 bits per heavy atom. The summed E-state index contributed by atoms with van der Waals surface area (Å²) in [6.45, 7) is 0.457. The molecule has 0 atom stereocenters. The third-order valence-corrected chi connectivity index (χ3v) is 2.88. The number of carbonyl (C=O) groups excluding carboxylic acids is 1. The number of fused-ring (bicyclic) bond motifs is 1. The fraction of sp³-hybridized carbons (Fsp3) is 0.400. The number of hydrogen-bond acceptors (Lipinski definition) is 5. The number of H-pyrrole nitrogens is 1. The molecule has 96 valence electrons. The fourth-order valence-corrected chi connectivity index (χ4v) is 1.93. The molecule has 0 aromatic carbocycles. The van der Waals surface area contributed by atoms with E-state index in [1.165, 1.54) is 13.4 Å². The first-order valence-corrected chi connectivity index (χ1v) is 5.76. The number of amides is 1. The smallest absolute Gasteiger partial charge is 0.242 e. The largest absolute Gasteiger partial charge is 0.479 e. The Labute approximate surface area is 108 Å². The normalized spacial score (nSPS) is 10.6. The lowest BCUT2D eigenvalue weighted by atomic mass is 10.4. The van der Waals surface area contributed by atoms with Gasteiger partial charge in [0.15, 0.2) is 10.4 Å². The molecule has 18 heavy (non-hydrogen) atoms. The van der Waals surface area contributed by atoms with Gasteiger partial charge in [0.05, 0.1) is 7.11 Å². The fourth-order valence-electron chi connectivity index (χ4n) is 1.65. The molecule has 2 heterocycles. The molecule has 2 aromatic heterocycles. The summed E-state index contributed by atoms with van der Waals surface area (Å²) in [6.07, 6.45) is 1.74. The molecule has 7 nitrogen and oxygen atoms in total. The van der Waals surface area contributed by atoms with Gasteiger partial charge in [-0.25, -0.2) is 4.98 Å². The molecule has 0 aliphatic carbocycles. The van der Waals surface area contributed by atoms with Crippen molar-refractivity contribution in [3.63, 3.8) is 0 Å². The molecule has 0 saturated carbocycles. The lowest BCUT2D eigenvalue weighted by Crippen LogP contribution is -2.19. The highest BCUT2D eigenvalue weighted by Crippen LogP contribution is 2.19. The first kappa shape index (κ1) is 12.5. The summed E-state index contributed by atoms with van der Waals surface area (Å²) in [6, 6.07) is 0. The van der Waals surface area contributed by atoms with Gasteiger partial charge in [-0.15, -0.1) is 0 Å². The summed E-state index contributed by atoms with van der Waals surface area (Å²) in [5, 5.41) is 2.56. The van der Waals surface area contributed by atoms with Crippen LogP contribution < -0.4 is 10.1 Å². The molecule has 0 aliphatic rings. The second-order valence-corrected chi connectivity index (χ2v) is 3.97. The number of hydrogen-bond donors (Lipinski definition) is 2. The van der Waals surface area contributed by atoms with Gasteiger partial charge in [0, 0.05) is 20.0 Å². The minimum absolute atomic E-state index is 0.0488. The molecule has 0 bridgehead atoms. The van der Waals surface area contributed by atoms with Gasteiger partial charge in [-0.05, 0) is 12.2 Å². The van der Waals surface area contributed by atoms with E-state index in [1.54, 1.807) is 11.6 Å². The van der Waals surface area contributed by atoms with Crippen molar-refractivity contribution in [3.05, 3.63) is 11.1 Å². The SMILES string of the molecule is CNC(=O)CCn1c(=S)[nH]c2c(OC)ncnc21. The Balaban J connectivity index is 2.42. The lowest BCUT2D eigenvalue weighted by molar-refractivity contribution is -0.120. The Kier molecular flexibility index (Phi) is 3.56. The van der Waals surface area contributed by atoms with Crippen molar-refractivity contribution in [3.8, 4) is 5.88 Å². The minimum Gasteiger partial charge on any atom is -0.479 e. The van der Waals surface area contributed by atoms with Crippen LogP contribution in [0, 0.1) is 4.77 Å². The minimum atomic E-state index is -0.0488. The highest BCUT2D eigenvalue weighted by Gasteiger charge is 2.11. The molecular formula is C10H13N5O2S. The van der Waals surface area contributed by atoms with E-state index in [-0.39, 0.29) is 5.91 Å². The number of methoxy groups -OCH3 is 1. The van der Waals surface area contributed by atoms with E-state index < -0.39 is 0 Å². The second-order valence-electron chi connectivity index (χ2n) is 3.59. The molecule has 0 saturated heterocycles. The summed E-state index contributed by atoms with van der Waals surface area (Å²) in [4.78, 5) is 22.4. The van der Waals surface area contributed by atoms with Crippen molar-refractivity contribution < 1.29 is 9.53 Å². The van der Waals surface area contributed by atoms with Crippen molar-refractivity contribution in [1.82, 2.24) is 24.8 Å². The van der Waals surface area contributed by atoms with Gasteiger partial charge in [-0.3, -0.25) is 4.79 Å². The Bertz CT molecular complexity index is 633. The van der Waals surface area contributed by atoms with Crippen LogP contribution in [0.15, 0.2) is 6.33 Å². The van der Waals surface area contributed by atoms with Crippen LogP contribution in [0.3, 0.4) is 0 Å². The predicted octanol–water partition coefficient (Wildman–Crippen LogP) is 0.634. The number of ether oxygens (including phenoxy) is 1. The average Bonchev–Trinajstić information content (AvgIpc) is 2.71. The van der Waals surface area contributed by atoms with Gasteiger partial charge in [0.2, 0.25) is 11.8 Å². The number of nitrogens with zero attached hydrogens (tertiary/aromatic N) is 3. The third kappa shape index (κ3) is 2.19. The molecule has 0 aliphatic heterocycles. The van der Waals surface area contributed by atoms with Gasteiger partial charge in [-0.2, -0.15) is 4.98 Å². The van der Waals surface area contributed by atoms with Crippen LogP contribution in [0.25, 0.3) is 11.2 Å². The molecule has 0 unspecified atom stereocenters. The van der Waals surface area contributed by atoms with E-state index in [1.807, 2.05) is 0 Å². The van der Waals surface area contributed by atoms with Crippen molar-refractivity contribution in [2.75, 3.05) is 14.2 Å². The molecule has 0 fully saturated rings. The number of aromatic amines is 1. The van der Waals surface area contributed by atoms with Crippen LogP contribution in [0.5, 0.6) is 5.88 Å². The van der Waals surface area contributed by atoms with E-state index in [0.29, 0.717) is 34.8 Å². The van der Waals surface area contributed by atoms with Gasteiger partial charge in [0.1, 0.15) is 11.8 Å². The zero-order chi connectivity index (χ0) is 13.1. The summed E-state index contributed by atoms with van der Waals surface area (Å²) in [5.74, 6) is 0.386. The number of nitrogens with one attached hydrogen (secondary N) is 2. The van der Waals surface area contributed by atoms with Crippen LogP contribution in [0.1, 0.15) is 6.42 Å². The predicted molar refractivity (Wildman–Crippen MR) is 67.9 cm³/mol. The van der Waals surface area contributed by atoms with Crippen molar-refractivity contribution >= 4 is 29.3 Å². The Hall–Kier alpha value is -1.96. The second kappa shape index (κ2) is 5.13. The maximum Gasteiger partial charge on any atom is 0.242 e. The maximum atomic E-state index is 11.3. The molecule has 8 heteroatoms.